The number of hydrogen-bond acceptors (Lipinski definition) is 16. The summed E-state index contributed by atoms with van der Waals surface area (Å²) in [4.78, 5) is 75.3. The van der Waals surface area contributed by atoms with E-state index in [2.05, 4.69) is 41.7 Å². The zero-order valence-corrected chi connectivity index (χ0v) is 32.3. The van der Waals surface area contributed by atoms with E-state index < -0.39 is 93.4 Å². The van der Waals surface area contributed by atoms with Crippen LogP contribution in [0.5, 0.6) is 34.5 Å². The molecule has 4 amide bonds. The van der Waals surface area contributed by atoms with E-state index in [4.69, 9.17) is 23.2 Å². The number of benzene rings is 5. The number of rotatable bonds is 14. The quantitative estimate of drug-likeness (QED) is 0.0260. The van der Waals surface area contributed by atoms with E-state index in [1.807, 2.05) is 0 Å². The molecule has 0 heterocycles. The van der Waals surface area contributed by atoms with Crippen molar-refractivity contribution >= 4 is 92.9 Å². The molecule has 12 N–H and O–H groups in total. The fourth-order valence-electron chi connectivity index (χ4n) is 4.99. The van der Waals surface area contributed by atoms with Gasteiger partial charge in [0.1, 0.15) is 45.9 Å². The molecule has 0 aliphatic heterocycles. The number of phenolic OH excluding ortho intramolecular Hbond substituents is 6. The van der Waals surface area contributed by atoms with E-state index in [1.165, 1.54) is 36.4 Å². The van der Waals surface area contributed by atoms with Crippen LogP contribution in [0.1, 0.15) is 20.7 Å². The number of amides is 4. The minimum Gasteiger partial charge on any atom is -0.506 e. The maximum Gasteiger partial charge on any atom is 0.336 e. The van der Waals surface area contributed by atoms with E-state index in [-0.39, 0.29) is 44.0 Å². The Morgan fingerprint density at radius 2 is 0.806 bits per heavy atom. The van der Waals surface area contributed by atoms with Crippen LogP contribution in [0.25, 0.3) is 0 Å². The first-order valence-electron chi connectivity index (χ1n) is 17.0. The summed E-state index contributed by atoms with van der Waals surface area (Å²) >= 11 is 11.8. The maximum atomic E-state index is 12.9. The molecule has 2 unspecified atom stereocenters. The van der Waals surface area contributed by atoms with Crippen molar-refractivity contribution in [3.63, 3.8) is 0 Å². The number of nitrogens with one attached hydrogen (secondary N) is 4. The van der Waals surface area contributed by atoms with Gasteiger partial charge in [0.25, 0.3) is 23.6 Å². The van der Waals surface area contributed by atoms with E-state index >= 15 is 0 Å². The number of aromatic hydroxyl groups is 6. The SMILES string of the molecule is O=C(Nc1cc(Cl)ccc1O)c1ccc(O)c(/N=N/C(=O)C(Nc2cc(O)c(NC(C(=O)O)C(=O)/N=N/c3cc(C(=O)Nc4cc(Cl)ccc4O)ccc3O)cc2O)C(=O)O)c1. The van der Waals surface area contributed by atoms with Crippen molar-refractivity contribution in [1.29, 1.82) is 0 Å². The van der Waals surface area contributed by atoms with Crippen LogP contribution in [0.4, 0.5) is 34.1 Å². The summed E-state index contributed by atoms with van der Waals surface area (Å²) in [5, 5.41) is 104. The normalized spacial score (nSPS) is 12.0. The second-order valence-corrected chi connectivity index (χ2v) is 13.3. The predicted molar refractivity (Wildman–Crippen MR) is 217 cm³/mol. The number of aliphatic carboxylic acids is 2. The Labute approximate surface area is 356 Å². The molecular weight excluding hydrogens is 863 g/mol. The molecule has 0 fully saturated rings. The minimum absolute atomic E-state index is 0.0515. The Hall–Kier alpha value is -8.50. The molecule has 22 nitrogen and oxygen atoms in total. The van der Waals surface area contributed by atoms with Crippen LogP contribution in [0, 0.1) is 0 Å². The van der Waals surface area contributed by atoms with Gasteiger partial charge in [-0.25, -0.2) is 9.59 Å². The van der Waals surface area contributed by atoms with Gasteiger partial charge in [-0.05, 0) is 72.8 Å². The molecule has 0 bridgehead atoms. The van der Waals surface area contributed by atoms with Crippen molar-refractivity contribution in [2.45, 2.75) is 12.1 Å². The van der Waals surface area contributed by atoms with Gasteiger partial charge in [0, 0.05) is 33.3 Å². The molecule has 0 aliphatic rings. The van der Waals surface area contributed by atoms with Crippen molar-refractivity contribution < 1.29 is 69.6 Å². The average Bonchev–Trinajstić information content (AvgIpc) is 3.21. The number of carboxylic acids is 2. The van der Waals surface area contributed by atoms with Crippen LogP contribution in [0.3, 0.4) is 0 Å². The number of carbonyl (C=O) groups is 6. The molecule has 2 atom stereocenters. The number of carbonyl (C=O) groups excluding carboxylic acids is 4. The van der Waals surface area contributed by atoms with Crippen molar-refractivity contribution in [3.8, 4) is 34.5 Å². The topological polar surface area (TPSA) is 362 Å². The highest BCUT2D eigenvalue weighted by Gasteiger charge is 2.30. The number of phenols is 6. The maximum absolute atomic E-state index is 12.9. The Bertz CT molecular complexity index is 2530. The predicted octanol–water partition coefficient (Wildman–Crippen LogP) is 6.08. The lowest BCUT2D eigenvalue weighted by atomic mass is 10.1. The molecule has 0 saturated carbocycles. The number of carboxylic acid groups (broad SMARTS) is 2. The molecule has 5 aromatic rings. The zero-order valence-electron chi connectivity index (χ0n) is 30.8. The van der Waals surface area contributed by atoms with Gasteiger partial charge in [0.05, 0.1) is 22.7 Å². The van der Waals surface area contributed by atoms with Gasteiger partial charge in [-0.2, -0.15) is 0 Å². The van der Waals surface area contributed by atoms with Gasteiger partial charge in [0.2, 0.25) is 12.1 Å². The lowest BCUT2D eigenvalue weighted by Crippen LogP contribution is -2.37. The van der Waals surface area contributed by atoms with Crippen molar-refractivity contribution in [2.24, 2.45) is 20.5 Å². The van der Waals surface area contributed by atoms with Crippen molar-refractivity contribution in [2.75, 3.05) is 21.3 Å². The van der Waals surface area contributed by atoms with Gasteiger partial charge in [-0.3, -0.25) is 19.2 Å². The number of anilines is 4. The molecule has 5 rings (SSSR count). The van der Waals surface area contributed by atoms with Crippen molar-refractivity contribution in [3.05, 3.63) is 106 Å². The van der Waals surface area contributed by atoms with Crippen LogP contribution in [0.2, 0.25) is 10.0 Å². The van der Waals surface area contributed by atoms with Gasteiger partial charge in [-0.1, -0.05) is 23.2 Å². The molecule has 0 saturated heterocycles. The first-order valence-corrected chi connectivity index (χ1v) is 17.8. The van der Waals surface area contributed by atoms with Crippen LogP contribution in [-0.4, -0.2) is 88.5 Å². The Balaban J connectivity index is 1.28. The molecular formula is C38H28Cl2N8O14. The summed E-state index contributed by atoms with van der Waals surface area (Å²) in [5.41, 5.74) is -2.56. The third-order valence-corrected chi connectivity index (χ3v) is 8.57. The van der Waals surface area contributed by atoms with Gasteiger partial charge >= 0.3 is 11.9 Å². The monoisotopic (exact) mass is 890 g/mol. The number of azo groups is 2. The van der Waals surface area contributed by atoms with E-state index in [1.54, 1.807) is 0 Å². The van der Waals surface area contributed by atoms with Gasteiger partial charge in [0.15, 0.2) is 0 Å². The number of hydrogen-bond donors (Lipinski definition) is 12. The van der Waals surface area contributed by atoms with E-state index in [0.29, 0.717) is 12.1 Å². The molecule has 24 heteroatoms. The lowest BCUT2D eigenvalue weighted by Gasteiger charge is -2.17. The highest BCUT2D eigenvalue weighted by Crippen LogP contribution is 2.37. The van der Waals surface area contributed by atoms with E-state index in [0.717, 1.165) is 36.4 Å². The summed E-state index contributed by atoms with van der Waals surface area (Å²) in [7, 11) is 0. The largest absolute Gasteiger partial charge is 0.506 e. The van der Waals surface area contributed by atoms with Crippen LogP contribution >= 0.6 is 23.2 Å². The fraction of sp³-hybridized carbons (Fsp3) is 0.0526. The molecule has 318 valence electrons. The summed E-state index contributed by atoms with van der Waals surface area (Å²) in [5.74, 6) is -12.0. The summed E-state index contributed by atoms with van der Waals surface area (Å²) in [6.07, 6.45) is 0. The Morgan fingerprint density at radius 3 is 1.16 bits per heavy atom. The molecule has 5 aromatic carbocycles. The highest BCUT2D eigenvalue weighted by atomic mass is 35.5. The van der Waals surface area contributed by atoms with Crippen LogP contribution in [0.15, 0.2) is 105 Å². The van der Waals surface area contributed by atoms with Crippen LogP contribution < -0.4 is 21.3 Å². The molecule has 0 aromatic heterocycles. The van der Waals surface area contributed by atoms with Gasteiger partial charge < -0.3 is 62.1 Å². The summed E-state index contributed by atoms with van der Waals surface area (Å²) in [6, 6.07) is 10.8. The first-order chi connectivity index (χ1) is 29.3. The number of nitrogens with zero attached hydrogens (tertiary/aromatic N) is 4. The average molecular weight is 892 g/mol. The van der Waals surface area contributed by atoms with Crippen molar-refractivity contribution in [1.82, 2.24) is 0 Å². The first kappa shape index (κ1) is 44.6. The smallest absolute Gasteiger partial charge is 0.336 e. The third-order valence-electron chi connectivity index (χ3n) is 8.10. The zero-order chi connectivity index (χ0) is 45.4. The number of halogens is 2. The third kappa shape index (κ3) is 11.0. The van der Waals surface area contributed by atoms with E-state index in [9.17, 15) is 69.6 Å². The summed E-state index contributed by atoms with van der Waals surface area (Å²) < 4.78 is 0. The molecule has 0 radical (unpaired) electrons. The van der Waals surface area contributed by atoms with Crippen LogP contribution in [-0.2, 0) is 19.2 Å². The molecule has 0 aliphatic carbocycles. The summed E-state index contributed by atoms with van der Waals surface area (Å²) in [6.45, 7) is 0. The van der Waals surface area contributed by atoms with Gasteiger partial charge in [-0.15, -0.1) is 20.5 Å². The minimum atomic E-state index is -2.30. The standard InChI is InChI=1S/C38H28Cl2N8O14/c39-17-3-7-25(49)19(11-17)43-33(55)15-1-5-27(51)23(9-15)45-47-35(57)31(37(59)60)41-21-13-30(54)22(14-29(21)53)42-32(38(61)62)36(58)48-46-24-10-16(2-6-28(24)52)34(56)44-20-12-18(40)4-8-26(20)50/h1-14,31-32,41-42,49-54H,(H,43,55)(H,44,56)(H,59,60)(H,61,62)/b47-45+,48-46+. The second-order valence-electron chi connectivity index (χ2n) is 12.4. The Kier molecular flexibility index (Phi) is 13.7. The highest BCUT2D eigenvalue weighted by molar-refractivity contribution is 6.31. The lowest BCUT2D eigenvalue weighted by molar-refractivity contribution is -0.142. The molecule has 62 heavy (non-hydrogen) atoms. The molecule has 0 spiro atoms. The Morgan fingerprint density at radius 1 is 0.452 bits per heavy atom. The fourth-order valence-corrected chi connectivity index (χ4v) is 5.34. The second kappa shape index (κ2) is 19.0.